The smallest absolute Gasteiger partial charge is 0.150 e. The van der Waals surface area contributed by atoms with Crippen molar-refractivity contribution in [2.45, 2.75) is 19.0 Å². The summed E-state index contributed by atoms with van der Waals surface area (Å²) in [5.74, 6) is 0.0810. The summed E-state index contributed by atoms with van der Waals surface area (Å²) in [5.41, 5.74) is 9.61. The van der Waals surface area contributed by atoms with Crippen molar-refractivity contribution < 1.29 is 4.79 Å². The van der Waals surface area contributed by atoms with Gasteiger partial charge in [0.25, 0.3) is 0 Å². The summed E-state index contributed by atoms with van der Waals surface area (Å²) in [5, 5.41) is 0.670. The molecule has 1 fully saturated rings. The van der Waals surface area contributed by atoms with Gasteiger partial charge in [0.05, 0.1) is 6.04 Å². The standard InChI is InChI=1S/C10H12ClN3O/c1-6(15)9-10(13-14-12-9)7-3-2-4-8(11)5-7/h2-5,9-10,12-14H,1H3. The molecule has 5 heteroatoms. The second-order valence-corrected chi connectivity index (χ2v) is 3.97. The van der Waals surface area contributed by atoms with Gasteiger partial charge in [-0.15, -0.1) is 0 Å². The largest absolute Gasteiger partial charge is 0.298 e. The third kappa shape index (κ3) is 2.18. The number of rotatable bonds is 2. The van der Waals surface area contributed by atoms with Gasteiger partial charge in [-0.05, 0) is 24.6 Å². The molecule has 2 atom stereocenters. The van der Waals surface area contributed by atoms with Crippen molar-refractivity contribution in [3.8, 4) is 0 Å². The summed E-state index contributed by atoms with van der Waals surface area (Å²) in [6.07, 6.45) is 0. The van der Waals surface area contributed by atoms with Gasteiger partial charge in [0, 0.05) is 5.02 Å². The fraction of sp³-hybridized carbons (Fsp3) is 0.300. The summed E-state index contributed by atoms with van der Waals surface area (Å²) in [6.45, 7) is 1.56. The Morgan fingerprint density at radius 2 is 2.20 bits per heavy atom. The van der Waals surface area contributed by atoms with E-state index < -0.39 is 0 Å². The molecule has 80 valence electrons. The molecule has 0 spiro atoms. The molecule has 15 heavy (non-hydrogen) atoms. The van der Waals surface area contributed by atoms with Gasteiger partial charge in [-0.3, -0.25) is 4.79 Å². The van der Waals surface area contributed by atoms with Gasteiger partial charge in [0.15, 0.2) is 0 Å². The van der Waals surface area contributed by atoms with E-state index in [9.17, 15) is 4.79 Å². The summed E-state index contributed by atoms with van der Waals surface area (Å²) in [4.78, 5) is 11.3. The molecular weight excluding hydrogens is 214 g/mol. The minimum Gasteiger partial charge on any atom is -0.298 e. The normalized spacial score (nSPS) is 25.5. The molecule has 3 N–H and O–H groups in total. The van der Waals surface area contributed by atoms with E-state index in [1.807, 2.05) is 24.3 Å². The van der Waals surface area contributed by atoms with Crippen LogP contribution in [0.2, 0.25) is 5.02 Å². The Labute approximate surface area is 92.9 Å². The van der Waals surface area contributed by atoms with Crippen LogP contribution < -0.4 is 16.4 Å². The number of nitrogens with one attached hydrogen (secondary N) is 3. The second-order valence-electron chi connectivity index (χ2n) is 3.53. The molecular formula is C10H12ClN3O. The van der Waals surface area contributed by atoms with Crippen LogP contribution in [0.4, 0.5) is 0 Å². The minimum atomic E-state index is -0.261. The van der Waals surface area contributed by atoms with Crippen LogP contribution in [0.25, 0.3) is 0 Å². The lowest BCUT2D eigenvalue weighted by atomic mass is 9.98. The molecule has 2 unspecified atom stereocenters. The fourth-order valence-corrected chi connectivity index (χ4v) is 1.87. The molecule has 1 saturated heterocycles. The van der Waals surface area contributed by atoms with Gasteiger partial charge in [0.2, 0.25) is 0 Å². The lowest BCUT2D eigenvalue weighted by Crippen LogP contribution is -2.37. The summed E-state index contributed by atoms with van der Waals surface area (Å²) >= 11 is 5.90. The van der Waals surface area contributed by atoms with Gasteiger partial charge >= 0.3 is 0 Å². The number of benzene rings is 1. The molecule has 1 aromatic carbocycles. The van der Waals surface area contributed by atoms with Crippen LogP contribution in [0.5, 0.6) is 0 Å². The van der Waals surface area contributed by atoms with E-state index in [2.05, 4.69) is 16.4 Å². The molecule has 0 aromatic heterocycles. The number of ketones is 1. The first-order chi connectivity index (χ1) is 7.18. The number of halogens is 1. The van der Waals surface area contributed by atoms with Crippen LogP contribution in [0, 0.1) is 0 Å². The second kappa shape index (κ2) is 4.28. The van der Waals surface area contributed by atoms with Crippen molar-refractivity contribution >= 4 is 17.4 Å². The molecule has 1 aromatic rings. The highest BCUT2D eigenvalue weighted by atomic mass is 35.5. The summed E-state index contributed by atoms with van der Waals surface area (Å²) in [6, 6.07) is 7.13. The molecule has 0 saturated carbocycles. The van der Waals surface area contributed by atoms with E-state index in [4.69, 9.17) is 11.6 Å². The highest BCUT2D eigenvalue weighted by Crippen LogP contribution is 2.22. The van der Waals surface area contributed by atoms with Gasteiger partial charge in [-0.25, -0.2) is 10.9 Å². The minimum absolute atomic E-state index is 0.0810. The number of hydrogen-bond donors (Lipinski definition) is 3. The molecule has 0 bridgehead atoms. The Balaban J connectivity index is 2.26. The van der Waals surface area contributed by atoms with Crippen molar-refractivity contribution in [2.75, 3.05) is 0 Å². The van der Waals surface area contributed by atoms with Crippen LogP contribution in [-0.4, -0.2) is 11.8 Å². The maximum absolute atomic E-state index is 11.3. The topological polar surface area (TPSA) is 53.2 Å². The molecule has 1 heterocycles. The first-order valence-corrected chi connectivity index (χ1v) is 5.08. The first-order valence-electron chi connectivity index (χ1n) is 4.70. The Morgan fingerprint density at radius 3 is 2.87 bits per heavy atom. The molecule has 0 amide bonds. The molecule has 0 aliphatic carbocycles. The van der Waals surface area contributed by atoms with Crippen molar-refractivity contribution in [2.24, 2.45) is 0 Å². The van der Waals surface area contributed by atoms with Gasteiger partial charge in [-0.2, -0.15) is 5.53 Å². The lowest BCUT2D eigenvalue weighted by molar-refractivity contribution is -0.119. The van der Waals surface area contributed by atoms with Crippen molar-refractivity contribution in [3.63, 3.8) is 0 Å². The average Bonchev–Trinajstić information content (AvgIpc) is 2.65. The highest BCUT2D eigenvalue weighted by molar-refractivity contribution is 6.30. The van der Waals surface area contributed by atoms with Gasteiger partial charge in [-0.1, -0.05) is 23.7 Å². The predicted molar refractivity (Wildman–Crippen MR) is 58.1 cm³/mol. The Bertz CT molecular complexity index is 383. The van der Waals surface area contributed by atoms with E-state index in [1.165, 1.54) is 0 Å². The van der Waals surface area contributed by atoms with E-state index >= 15 is 0 Å². The van der Waals surface area contributed by atoms with Crippen LogP contribution >= 0.6 is 11.6 Å². The average molecular weight is 226 g/mol. The van der Waals surface area contributed by atoms with Gasteiger partial charge in [0.1, 0.15) is 11.8 Å². The first kappa shape index (κ1) is 10.6. The Kier molecular flexibility index (Phi) is 3.02. The fourth-order valence-electron chi connectivity index (χ4n) is 1.68. The van der Waals surface area contributed by atoms with Crippen LogP contribution in [-0.2, 0) is 4.79 Å². The number of hydrazine groups is 2. The Morgan fingerprint density at radius 1 is 1.40 bits per heavy atom. The van der Waals surface area contributed by atoms with Gasteiger partial charge < -0.3 is 0 Å². The number of Topliss-reactive ketones (excluding diaryl/α,β-unsaturated/α-hetero) is 1. The lowest BCUT2D eigenvalue weighted by Gasteiger charge is -2.15. The highest BCUT2D eigenvalue weighted by Gasteiger charge is 2.31. The third-order valence-corrected chi connectivity index (χ3v) is 2.67. The number of carbonyl (C=O) groups is 1. The maximum Gasteiger partial charge on any atom is 0.150 e. The summed E-state index contributed by atoms with van der Waals surface area (Å²) in [7, 11) is 0. The monoisotopic (exact) mass is 225 g/mol. The quantitative estimate of drug-likeness (QED) is 0.702. The van der Waals surface area contributed by atoms with Crippen LogP contribution in [0.3, 0.4) is 0 Å². The zero-order chi connectivity index (χ0) is 10.8. The maximum atomic E-state index is 11.3. The molecule has 4 nitrogen and oxygen atoms in total. The molecule has 1 aliphatic heterocycles. The zero-order valence-electron chi connectivity index (χ0n) is 8.25. The van der Waals surface area contributed by atoms with E-state index in [0.29, 0.717) is 5.02 Å². The van der Waals surface area contributed by atoms with Crippen molar-refractivity contribution in [1.29, 1.82) is 0 Å². The summed E-state index contributed by atoms with van der Waals surface area (Å²) < 4.78 is 0. The van der Waals surface area contributed by atoms with E-state index in [-0.39, 0.29) is 17.9 Å². The molecule has 1 aliphatic rings. The van der Waals surface area contributed by atoms with E-state index in [1.54, 1.807) is 6.92 Å². The van der Waals surface area contributed by atoms with Crippen LogP contribution in [0.15, 0.2) is 24.3 Å². The SMILES string of the molecule is CC(=O)C1NNNC1c1cccc(Cl)c1. The molecule has 2 rings (SSSR count). The third-order valence-electron chi connectivity index (χ3n) is 2.43. The van der Waals surface area contributed by atoms with Crippen LogP contribution in [0.1, 0.15) is 18.5 Å². The van der Waals surface area contributed by atoms with Crippen molar-refractivity contribution in [1.82, 2.24) is 16.4 Å². The predicted octanol–water partition coefficient (Wildman–Crippen LogP) is 0.951. The number of carbonyl (C=O) groups excluding carboxylic acids is 1. The van der Waals surface area contributed by atoms with E-state index in [0.717, 1.165) is 5.56 Å². The number of hydrogen-bond acceptors (Lipinski definition) is 4. The van der Waals surface area contributed by atoms with Crippen molar-refractivity contribution in [3.05, 3.63) is 34.9 Å². The zero-order valence-corrected chi connectivity index (χ0v) is 9.01. The molecule has 0 radical (unpaired) electrons. The Hall–Kier alpha value is -0.940.